The van der Waals surface area contributed by atoms with Crippen LogP contribution in [0.5, 0.6) is 0 Å². The summed E-state index contributed by atoms with van der Waals surface area (Å²) >= 11 is 0. The first-order valence-corrected chi connectivity index (χ1v) is 6.55. The molecule has 0 aliphatic heterocycles. The molecule has 1 unspecified atom stereocenters. The third-order valence-corrected chi connectivity index (χ3v) is 3.21. The molecule has 0 heterocycles. The van der Waals surface area contributed by atoms with Gasteiger partial charge in [0.15, 0.2) is 0 Å². The number of hydrogen-bond donors (Lipinski definition) is 1. The maximum Gasteiger partial charge on any atom is 0.0574 e. The van der Waals surface area contributed by atoms with Gasteiger partial charge in [0.25, 0.3) is 0 Å². The van der Waals surface area contributed by atoms with E-state index in [2.05, 4.69) is 36.9 Å². The molecule has 16 heavy (non-hydrogen) atoms. The summed E-state index contributed by atoms with van der Waals surface area (Å²) in [7, 11) is 0. The lowest BCUT2D eigenvalue weighted by molar-refractivity contribution is 0.185. The Kier molecular flexibility index (Phi) is 5.87. The van der Waals surface area contributed by atoms with E-state index in [9.17, 15) is 0 Å². The molecule has 0 bridgehead atoms. The van der Waals surface area contributed by atoms with Crippen LogP contribution in [-0.2, 0) is 0 Å². The van der Waals surface area contributed by atoms with Crippen LogP contribution in [-0.4, -0.2) is 36.6 Å². The number of rotatable bonds is 8. The highest BCUT2D eigenvalue weighted by Gasteiger charge is 2.31. The minimum Gasteiger partial charge on any atom is -0.305 e. The first-order valence-electron chi connectivity index (χ1n) is 6.55. The van der Waals surface area contributed by atoms with E-state index < -0.39 is 0 Å². The van der Waals surface area contributed by atoms with E-state index in [-0.39, 0.29) is 0 Å². The maximum atomic E-state index is 5.24. The Balaban J connectivity index is 2.28. The molecule has 1 aliphatic rings. The minimum absolute atomic E-state index is 0.611. The van der Waals surface area contributed by atoms with Crippen molar-refractivity contribution in [1.82, 2.24) is 10.2 Å². The number of nitrogens with zero attached hydrogens (tertiary/aromatic N) is 1. The molecule has 1 N–H and O–H groups in total. The maximum absolute atomic E-state index is 5.24. The molecule has 0 amide bonds. The van der Waals surface area contributed by atoms with Gasteiger partial charge in [-0.25, -0.2) is 0 Å². The van der Waals surface area contributed by atoms with Crippen LogP contribution in [0.4, 0.5) is 0 Å². The fraction of sp³-hybridized carbons (Fsp3) is 0.857. The molecule has 0 saturated heterocycles. The van der Waals surface area contributed by atoms with Crippen LogP contribution in [0.25, 0.3) is 0 Å². The third kappa shape index (κ3) is 5.01. The van der Waals surface area contributed by atoms with Gasteiger partial charge in [0.05, 0.1) is 6.54 Å². The fourth-order valence-electron chi connectivity index (χ4n) is 2.05. The van der Waals surface area contributed by atoms with Crippen LogP contribution < -0.4 is 5.32 Å². The van der Waals surface area contributed by atoms with E-state index in [4.69, 9.17) is 6.42 Å². The third-order valence-electron chi connectivity index (χ3n) is 3.21. The first-order chi connectivity index (χ1) is 7.65. The van der Waals surface area contributed by atoms with Gasteiger partial charge in [0.1, 0.15) is 0 Å². The van der Waals surface area contributed by atoms with Gasteiger partial charge < -0.3 is 5.32 Å². The topological polar surface area (TPSA) is 15.3 Å². The largest absolute Gasteiger partial charge is 0.305 e. The lowest BCUT2D eigenvalue weighted by Gasteiger charge is -2.29. The molecule has 0 aromatic carbocycles. The Morgan fingerprint density at radius 2 is 2.06 bits per heavy atom. The molecule has 1 fully saturated rings. The Morgan fingerprint density at radius 3 is 2.56 bits per heavy atom. The van der Waals surface area contributed by atoms with Gasteiger partial charge in [-0.1, -0.05) is 19.8 Å². The average molecular weight is 222 g/mol. The summed E-state index contributed by atoms with van der Waals surface area (Å²) in [5, 5.41) is 3.31. The van der Waals surface area contributed by atoms with Crippen molar-refractivity contribution in [3.05, 3.63) is 0 Å². The second kappa shape index (κ2) is 6.93. The van der Waals surface area contributed by atoms with Crippen LogP contribution in [0, 0.1) is 18.3 Å². The summed E-state index contributed by atoms with van der Waals surface area (Å²) in [5.74, 6) is 3.43. The van der Waals surface area contributed by atoms with Crippen molar-refractivity contribution in [2.24, 2.45) is 5.92 Å². The van der Waals surface area contributed by atoms with Gasteiger partial charge >= 0.3 is 0 Å². The Bertz CT molecular complexity index is 225. The highest BCUT2D eigenvalue weighted by atomic mass is 15.2. The van der Waals surface area contributed by atoms with Crippen LogP contribution in [0.2, 0.25) is 0 Å². The molecule has 1 saturated carbocycles. The highest BCUT2D eigenvalue weighted by molar-refractivity contribution is 4.90. The zero-order chi connectivity index (χ0) is 12.0. The van der Waals surface area contributed by atoms with Gasteiger partial charge in [-0.2, -0.15) is 0 Å². The quantitative estimate of drug-likeness (QED) is 0.500. The van der Waals surface area contributed by atoms with Crippen molar-refractivity contribution in [2.45, 2.75) is 52.1 Å². The normalized spacial score (nSPS) is 17.8. The van der Waals surface area contributed by atoms with E-state index >= 15 is 0 Å². The number of nitrogens with one attached hydrogen (secondary N) is 1. The monoisotopic (exact) mass is 222 g/mol. The molecule has 0 aromatic heterocycles. The minimum atomic E-state index is 0.611. The SMILES string of the molecule is C#CCNCC(C)N(CCC(C)C)C1CC1. The highest BCUT2D eigenvalue weighted by Crippen LogP contribution is 2.29. The Labute approximate surface area is 101 Å². The number of hydrogen-bond acceptors (Lipinski definition) is 2. The Morgan fingerprint density at radius 1 is 1.38 bits per heavy atom. The van der Waals surface area contributed by atoms with Crippen LogP contribution in [0.3, 0.4) is 0 Å². The molecule has 1 rings (SSSR count). The van der Waals surface area contributed by atoms with Gasteiger partial charge in [-0.15, -0.1) is 6.42 Å². The Hall–Kier alpha value is -0.520. The van der Waals surface area contributed by atoms with Crippen molar-refractivity contribution in [3.63, 3.8) is 0 Å². The van der Waals surface area contributed by atoms with E-state index in [0.29, 0.717) is 12.6 Å². The number of terminal acetylenes is 1. The van der Waals surface area contributed by atoms with Gasteiger partial charge in [-0.05, 0) is 38.6 Å². The summed E-state index contributed by atoms with van der Waals surface area (Å²) in [5.41, 5.74) is 0. The zero-order valence-electron chi connectivity index (χ0n) is 11.0. The average Bonchev–Trinajstić information content (AvgIpc) is 3.02. The van der Waals surface area contributed by atoms with Crippen LogP contribution in [0.1, 0.15) is 40.0 Å². The first kappa shape index (κ1) is 13.5. The molecule has 0 spiro atoms. The molecule has 1 atom stereocenters. The smallest absolute Gasteiger partial charge is 0.0574 e. The fourth-order valence-corrected chi connectivity index (χ4v) is 2.05. The van der Waals surface area contributed by atoms with Crippen molar-refractivity contribution in [3.8, 4) is 12.3 Å². The molecule has 2 heteroatoms. The van der Waals surface area contributed by atoms with E-state index in [1.807, 2.05) is 0 Å². The van der Waals surface area contributed by atoms with Crippen LogP contribution in [0.15, 0.2) is 0 Å². The van der Waals surface area contributed by atoms with Gasteiger partial charge in [-0.3, -0.25) is 4.90 Å². The van der Waals surface area contributed by atoms with Crippen molar-refractivity contribution in [1.29, 1.82) is 0 Å². The van der Waals surface area contributed by atoms with E-state index in [1.54, 1.807) is 0 Å². The van der Waals surface area contributed by atoms with Crippen molar-refractivity contribution in [2.75, 3.05) is 19.6 Å². The predicted molar refractivity (Wildman–Crippen MR) is 70.3 cm³/mol. The summed E-state index contributed by atoms with van der Waals surface area (Å²) in [6.45, 7) is 9.84. The van der Waals surface area contributed by atoms with Crippen molar-refractivity contribution < 1.29 is 0 Å². The standard InChI is InChI=1S/C14H26N2/c1-5-9-15-11-13(4)16(14-6-7-14)10-8-12(2)3/h1,12-15H,6-11H2,2-4H3. The summed E-state index contributed by atoms with van der Waals surface area (Å²) in [6, 6.07) is 1.46. The van der Waals surface area contributed by atoms with Gasteiger partial charge in [0, 0.05) is 18.6 Å². The molecular weight excluding hydrogens is 196 g/mol. The van der Waals surface area contributed by atoms with Crippen LogP contribution >= 0.6 is 0 Å². The zero-order valence-corrected chi connectivity index (χ0v) is 11.0. The molecule has 2 nitrogen and oxygen atoms in total. The lowest BCUT2D eigenvalue weighted by Crippen LogP contribution is -2.42. The summed E-state index contributed by atoms with van der Waals surface area (Å²) in [6.07, 6.45) is 9.31. The molecule has 0 aromatic rings. The van der Waals surface area contributed by atoms with E-state index in [0.717, 1.165) is 18.5 Å². The van der Waals surface area contributed by atoms with E-state index in [1.165, 1.54) is 25.8 Å². The molecule has 92 valence electrons. The molecule has 1 aliphatic carbocycles. The summed E-state index contributed by atoms with van der Waals surface area (Å²) in [4.78, 5) is 2.66. The summed E-state index contributed by atoms with van der Waals surface area (Å²) < 4.78 is 0. The lowest BCUT2D eigenvalue weighted by atomic mass is 10.1. The second-order valence-electron chi connectivity index (χ2n) is 5.34. The van der Waals surface area contributed by atoms with Crippen molar-refractivity contribution >= 4 is 0 Å². The van der Waals surface area contributed by atoms with Gasteiger partial charge in [0.2, 0.25) is 0 Å². The molecule has 0 radical (unpaired) electrons. The molecular formula is C14H26N2. The second-order valence-corrected chi connectivity index (χ2v) is 5.34. The predicted octanol–water partition coefficient (Wildman–Crippen LogP) is 2.11.